The van der Waals surface area contributed by atoms with Gasteiger partial charge in [0.15, 0.2) is 6.61 Å². The van der Waals surface area contributed by atoms with Crippen molar-refractivity contribution < 1.29 is 23.9 Å². The molecule has 3 aromatic carbocycles. The molecular weight excluding hydrogens is 491 g/mol. The molecule has 0 unspecified atom stereocenters. The third-order valence-electron chi connectivity index (χ3n) is 5.41. The Balaban J connectivity index is 1.29. The van der Waals surface area contributed by atoms with E-state index < -0.39 is 24.4 Å². The Morgan fingerprint density at radius 3 is 2.31 bits per heavy atom. The van der Waals surface area contributed by atoms with E-state index in [-0.39, 0.29) is 23.9 Å². The predicted molar refractivity (Wildman–Crippen MR) is 134 cm³/mol. The third-order valence-corrected chi connectivity index (χ3v) is 5.96. The van der Waals surface area contributed by atoms with E-state index in [1.165, 1.54) is 11.0 Å². The minimum Gasteiger partial charge on any atom is -0.457 e. The molecule has 1 fully saturated rings. The summed E-state index contributed by atoms with van der Waals surface area (Å²) in [6.07, 6.45) is 0.00504. The van der Waals surface area contributed by atoms with Crippen LogP contribution in [0.25, 0.3) is 0 Å². The van der Waals surface area contributed by atoms with Crippen LogP contribution in [0.15, 0.2) is 66.7 Å². The molecule has 35 heavy (non-hydrogen) atoms. The Kier molecular flexibility index (Phi) is 7.58. The number of carbonyl (C=O) groups is 3. The molecule has 7 nitrogen and oxygen atoms in total. The minimum atomic E-state index is -0.669. The highest BCUT2D eigenvalue weighted by molar-refractivity contribution is 6.36. The minimum absolute atomic E-state index is 0.00504. The first-order valence-electron chi connectivity index (χ1n) is 10.8. The van der Waals surface area contributed by atoms with Gasteiger partial charge in [-0.3, -0.25) is 14.4 Å². The average molecular weight is 513 g/mol. The molecule has 180 valence electrons. The lowest BCUT2D eigenvalue weighted by atomic mass is 10.1. The Morgan fingerprint density at radius 2 is 1.66 bits per heavy atom. The number of halogens is 2. The highest BCUT2D eigenvalue weighted by atomic mass is 35.5. The van der Waals surface area contributed by atoms with Crippen LogP contribution in [0.1, 0.15) is 12.0 Å². The number of esters is 1. The van der Waals surface area contributed by atoms with Gasteiger partial charge in [-0.05, 0) is 61.5 Å². The molecule has 1 saturated heterocycles. The molecule has 1 N–H and O–H groups in total. The van der Waals surface area contributed by atoms with Crippen molar-refractivity contribution in [1.82, 2.24) is 0 Å². The van der Waals surface area contributed by atoms with Crippen LogP contribution in [-0.2, 0) is 19.1 Å². The zero-order valence-electron chi connectivity index (χ0n) is 18.8. The number of rotatable bonds is 7. The van der Waals surface area contributed by atoms with Crippen LogP contribution >= 0.6 is 23.2 Å². The fourth-order valence-corrected chi connectivity index (χ4v) is 4.04. The van der Waals surface area contributed by atoms with Crippen LogP contribution in [-0.4, -0.2) is 30.9 Å². The Bertz CT molecular complexity index is 1250. The average Bonchev–Trinajstić information content (AvgIpc) is 3.23. The van der Waals surface area contributed by atoms with Crippen LogP contribution in [0, 0.1) is 12.8 Å². The summed E-state index contributed by atoms with van der Waals surface area (Å²) in [7, 11) is 0. The van der Waals surface area contributed by atoms with E-state index >= 15 is 0 Å². The van der Waals surface area contributed by atoms with E-state index in [1.54, 1.807) is 36.4 Å². The maximum absolute atomic E-state index is 12.5. The fraction of sp³-hybridized carbons (Fsp3) is 0.192. The zero-order chi connectivity index (χ0) is 24.9. The molecule has 0 radical (unpaired) electrons. The smallest absolute Gasteiger partial charge is 0.311 e. The molecule has 0 spiro atoms. The Hall–Kier alpha value is -3.55. The monoisotopic (exact) mass is 512 g/mol. The molecule has 4 rings (SSSR count). The molecule has 1 atom stereocenters. The van der Waals surface area contributed by atoms with Crippen molar-refractivity contribution in [1.29, 1.82) is 0 Å². The van der Waals surface area contributed by atoms with Gasteiger partial charge in [0.05, 0.1) is 16.6 Å². The van der Waals surface area contributed by atoms with E-state index in [9.17, 15) is 14.4 Å². The molecule has 9 heteroatoms. The molecule has 1 heterocycles. The fourth-order valence-electron chi connectivity index (χ4n) is 3.58. The standard InChI is InChI=1S/C26H22Cl2N2O5/c1-16-2-7-20(8-3-16)35-21-9-5-19(6-10-21)30-14-17(12-25(30)32)26(33)34-15-24(31)29-23-11-4-18(27)13-22(23)28/h2-11,13,17H,12,14-15H2,1H3,(H,29,31)/t17-/m1/s1. The van der Waals surface area contributed by atoms with Crippen LogP contribution in [0.3, 0.4) is 0 Å². The van der Waals surface area contributed by atoms with Gasteiger partial charge in [-0.1, -0.05) is 40.9 Å². The summed E-state index contributed by atoms with van der Waals surface area (Å²) in [6, 6.07) is 19.4. The molecule has 0 aromatic heterocycles. The summed E-state index contributed by atoms with van der Waals surface area (Å²) < 4.78 is 10.9. The summed E-state index contributed by atoms with van der Waals surface area (Å²) in [6.45, 7) is 1.68. The summed E-state index contributed by atoms with van der Waals surface area (Å²) >= 11 is 11.9. The number of nitrogens with zero attached hydrogens (tertiary/aromatic N) is 1. The lowest BCUT2D eigenvalue weighted by Crippen LogP contribution is -2.28. The van der Waals surface area contributed by atoms with Crippen molar-refractivity contribution in [2.45, 2.75) is 13.3 Å². The highest BCUT2D eigenvalue weighted by Gasteiger charge is 2.36. The van der Waals surface area contributed by atoms with E-state index in [0.717, 1.165) is 5.56 Å². The molecule has 0 saturated carbocycles. The van der Waals surface area contributed by atoms with Crippen molar-refractivity contribution >= 4 is 52.4 Å². The quantitative estimate of drug-likeness (QED) is 0.414. The number of ether oxygens (including phenoxy) is 2. The molecule has 0 aliphatic carbocycles. The number of benzene rings is 3. The van der Waals surface area contributed by atoms with Crippen LogP contribution in [0.2, 0.25) is 10.0 Å². The van der Waals surface area contributed by atoms with Gasteiger partial charge in [-0.25, -0.2) is 0 Å². The summed E-state index contributed by atoms with van der Waals surface area (Å²) in [4.78, 5) is 38.6. The largest absolute Gasteiger partial charge is 0.457 e. The topological polar surface area (TPSA) is 84.9 Å². The first kappa shape index (κ1) is 24.6. The van der Waals surface area contributed by atoms with Gasteiger partial charge >= 0.3 is 5.97 Å². The Labute approximate surface area is 212 Å². The van der Waals surface area contributed by atoms with Crippen LogP contribution in [0.4, 0.5) is 11.4 Å². The lowest BCUT2D eigenvalue weighted by Gasteiger charge is -2.17. The van der Waals surface area contributed by atoms with Gasteiger partial charge in [0.1, 0.15) is 11.5 Å². The number of nitrogens with one attached hydrogen (secondary N) is 1. The number of amides is 2. The molecule has 1 aliphatic rings. The number of hydrogen-bond acceptors (Lipinski definition) is 5. The van der Waals surface area contributed by atoms with Gasteiger partial charge in [-0.15, -0.1) is 0 Å². The van der Waals surface area contributed by atoms with E-state index in [1.807, 2.05) is 31.2 Å². The van der Waals surface area contributed by atoms with Crippen LogP contribution in [0.5, 0.6) is 11.5 Å². The van der Waals surface area contributed by atoms with Gasteiger partial charge in [-0.2, -0.15) is 0 Å². The second-order valence-electron chi connectivity index (χ2n) is 8.09. The van der Waals surface area contributed by atoms with Gasteiger partial charge in [0, 0.05) is 23.7 Å². The molecule has 1 aliphatic heterocycles. The molecule has 2 amide bonds. The zero-order valence-corrected chi connectivity index (χ0v) is 20.3. The van der Waals surface area contributed by atoms with Crippen LogP contribution < -0.4 is 15.0 Å². The summed E-state index contributed by atoms with van der Waals surface area (Å²) in [5.41, 5.74) is 2.14. The second kappa shape index (κ2) is 10.8. The first-order valence-corrected chi connectivity index (χ1v) is 11.6. The van der Waals surface area contributed by atoms with Crippen molar-refractivity contribution in [2.24, 2.45) is 5.92 Å². The first-order chi connectivity index (χ1) is 16.8. The number of aryl methyl sites for hydroxylation is 1. The third kappa shape index (κ3) is 6.32. The van der Waals surface area contributed by atoms with Crippen molar-refractivity contribution in [3.63, 3.8) is 0 Å². The van der Waals surface area contributed by atoms with Crippen molar-refractivity contribution in [2.75, 3.05) is 23.4 Å². The maximum Gasteiger partial charge on any atom is 0.311 e. The van der Waals surface area contributed by atoms with E-state index in [0.29, 0.717) is 27.9 Å². The van der Waals surface area contributed by atoms with E-state index in [4.69, 9.17) is 32.7 Å². The Morgan fingerprint density at radius 1 is 1.00 bits per heavy atom. The number of anilines is 2. The molecular formula is C26H22Cl2N2O5. The van der Waals surface area contributed by atoms with Crippen molar-refractivity contribution in [3.8, 4) is 11.5 Å². The predicted octanol–water partition coefficient (Wildman–Crippen LogP) is 5.63. The number of carbonyl (C=O) groups excluding carboxylic acids is 3. The van der Waals surface area contributed by atoms with Gasteiger partial charge in [0.2, 0.25) is 5.91 Å². The summed E-state index contributed by atoms with van der Waals surface area (Å²) in [5, 5.41) is 3.26. The number of hydrogen-bond donors (Lipinski definition) is 1. The molecule has 3 aromatic rings. The van der Waals surface area contributed by atoms with Gasteiger partial charge in [0.25, 0.3) is 5.91 Å². The van der Waals surface area contributed by atoms with Gasteiger partial charge < -0.3 is 19.7 Å². The van der Waals surface area contributed by atoms with E-state index in [2.05, 4.69) is 5.32 Å². The SMILES string of the molecule is Cc1ccc(Oc2ccc(N3C[C@H](C(=O)OCC(=O)Nc4ccc(Cl)cc4Cl)CC3=O)cc2)cc1. The summed E-state index contributed by atoms with van der Waals surface area (Å²) in [5.74, 6) is -0.683. The second-order valence-corrected chi connectivity index (χ2v) is 8.94. The van der Waals surface area contributed by atoms with Crippen molar-refractivity contribution in [3.05, 3.63) is 82.3 Å². The molecule has 0 bridgehead atoms. The lowest BCUT2D eigenvalue weighted by molar-refractivity contribution is -0.151. The normalized spacial score (nSPS) is 15.1. The highest BCUT2D eigenvalue weighted by Crippen LogP contribution is 2.29. The maximum atomic E-state index is 12.5.